The Hall–Kier alpha value is -2.02. The molecule has 0 saturated carbocycles. The molecule has 0 spiro atoms. The van der Waals surface area contributed by atoms with Crippen LogP contribution < -0.4 is 10.2 Å². The zero-order valence-corrected chi connectivity index (χ0v) is 14.8. The molecule has 124 valence electrons. The molecule has 5 nitrogen and oxygen atoms in total. The summed E-state index contributed by atoms with van der Waals surface area (Å²) in [6.07, 6.45) is 1.58. The van der Waals surface area contributed by atoms with Crippen LogP contribution in [-0.4, -0.2) is 14.9 Å². The summed E-state index contributed by atoms with van der Waals surface area (Å²) in [6.45, 7) is 0.949. The summed E-state index contributed by atoms with van der Waals surface area (Å²) in [7, 11) is 0. The van der Waals surface area contributed by atoms with E-state index in [1.165, 1.54) is 0 Å². The monoisotopic (exact) mass is 380 g/mol. The van der Waals surface area contributed by atoms with Crippen molar-refractivity contribution in [3.8, 4) is 5.75 Å². The molecule has 0 radical (unpaired) electrons. The highest BCUT2D eigenvalue weighted by molar-refractivity contribution is 7.71. The minimum absolute atomic E-state index is 0.402. The molecule has 3 rings (SSSR count). The second-order valence-electron chi connectivity index (χ2n) is 5.01. The van der Waals surface area contributed by atoms with Crippen molar-refractivity contribution >= 4 is 35.4 Å². The first-order valence-electron chi connectivity index (χ1n) is 7.14. The van der Waals surface area contributed by atoms with Crippen molar-refractivity contribution in [2.75, 3.05) is 5.43 Å². The predicted molar refractivity (Wildman–Crippen MR) is 97.7 cm³/mol. The van der Waals surface area contributed by atoms with Crippen LogP contribution in [0.5, 0.6) is 5.75 Å². The van der Waals surface area contributed by atoms with Crippen LogP contribution in [0.1, 0.15) is 11.1 Å². The van der Waals surface area contributed by atoms with Gasteiger partial charge < -0.3 is 10.2 Å². The number of hydrogen-bond acceptors (Lipinski definition) is 4. The molecule has 0 bridgehead atoms. The number of benzene rings is 2. The number of hydrogen-bond donors (Lipinski definition) is 2. The fourth-order valence-corrected chi connectivity index (χ4v) is 2.60. The van der Waals surface area contributed by atoms with Gasteiger partial charge in [0.05, 0.1) is 16.6 Å². The Bertz CT molecular complexity index is 894. The maximum Gasteiger partial charge on any atom is 0.214 e. The van der Waals surface area contributed by atoms with Crippen molar-refractivity contribution in [3.63, 3.8) is 0 Å². The summed E-state index contributed by atoms with van der Waals surface area (Å²) in [5, 5.41) is 7.60. The van der Waals surface area contributed by atoms with Crippen molar-refractivity contribution in [3.05, 3.63) is 74.7 Å². The van der Waals surface area contributed by atoms with Gasteiger partial charge in [0.1, 0.15) is 18.7 Å². The van der Waals surface area contributed by atoms with Crippen LogP contribution >= 0.6 is 35.4 Å². The fourth-order valence-electron chi connectivity index (χ4n) is 2.11. The van der Waals surface area contributed by atoms with Crippen molar-refractivity contribution < 1.29 is 4.74 Å². The molecule has 0 saturated heterocycles. The number of nitrogens with one attached hydrogen (secondary N) is 2. The number of aromatic nitrogens is 3. The summed E-state index contributed by atoms with van der Waals surface area (Å²) in [6, 6.07) is 13.2. The van der Waals surface area contributed by atoms with Gasteiger partial charge in [0.2, 0.25) is 4.77 Å². The lowest BCUT2D eigenvalue weighted by atomic mass is 10.2. The zero-order valence-electron chi connectivity index (χ0n) is 12.5. The molecular weight excluding hydrogens is 367 g/mol. The molecule has 2 aromatic carbocycles. The first-order chi connectivity index (χ1) is 11.6. The molecule has 24 heavy (non-hydrogen) atoms. The topological polar surface area (TPSA) is 54.9 Å². The third-order valence-corrected chi connectivity index (χ3v) is 4.37. The van der Waals surface area contributed by atoms with Crippen molar-refractivity contribution in [1.29, 1.82) is 0 Å². The molecule has 0 unspecified atom stereocenters. The molecule has 0 aliphatic carbocycles. The quantitative estimate of drug-likeness (QED) is 0.615. The number of aromatic amines is 1. The van der Waals surface area contributed by atoms with Crippen molar-refractivity contribution in [2.24, 2.45) is 0 Å². The Kier molecular flexibility index (Phi) is 5.40. The first kappa shape index (κ1) is 16.8. The van der Waals surface area contributed by atoms with Crippen molar-refractivity contribution in [2.45, 2.75) is 13.2 Å². The highest BCUT2D eigenvalue weighted by atomic mass is 35.5. The van der Waals surface area contributed by atoms with Crippen LogP contribution in [0.2, 0.25) is 10.0 Å². The van der Waals surface area contributed by atoms with Gasteiger partial charge in [0, 0.05) is 5.56 Å². The zero-order chi connectivity index (χ0) is 16.9. The average Bonchev–Trinajstić information content (AvgIpc) is 3.00. The van der Waals surface area contributed by atoms with E-state index in [4.69, 9.17) is 40.2 Å². The minimum Gasteiger partial charge on any atom is -0.489 e. The van der Waals surface area contributed by atoms with Gasteiger partial charge in [-0.05, 0) is 36.0 Å². The number of halogens is 2. The number of para-hydroxylation sites is 1. The van der Waals surface area contributed by atoms with Gasteiger partial charge in [-0.2, -0.15) is 5.10 Å². The summed E-state index contributed by atoms with van der Waals surface area (Å²) in [5.74, 6) is 0.783. The third kappa shape index (κ3) is 4.08. The largest absolute Gasteiger partial charge is 0.489 e. The smallest absolute Gasteiger partial charge is 0.214 e. The average molecular weight is 381 g/mol. The van der Waals surface area contributed by atoms with E-state index in [9.17, 15) is 0 Å². The van der Waals surface area contributed by atoms with Crippen LogP contribution in [-0.2, 0) is 13.2 Å². The van der Waals surface area contributed by atoms with E-state index in [2.05, 4.69) is 15.6 Å². The lowest BCUT2D eigenvalue weighted by molar-refractivity contribution is 0.303. The third-order valence-electron chi connectivity index (χ3n) is 3.34. The van der Waals surface area contributed by atoms with Crippen LogP contribution in [0.25, 0.3) is 0 Å². The van der Waals surface area contributed by atoms with Crippen LogP contribution in [0.3, 0.4) is 0 Å². The fraction of sp³-hybridized carbons (Fsp3) is 0.125. The normalized spacial score (nSPS) is 10.6. The van der Waals surface area contributed by atoms with Gasteiger partial charge in [-0.3, -0.25) is 5.10 Å². The molecule has 2 N–H and O–H groups in total. The van der Waals surface area contributed by atoms with Gasteiger partial charge in [0.25, 0.3) is 0 Å². The minimum atomic E-state index is 0.402. The van der Waals surface area contributed by atoms with E-state index in [0.717, 1.165) is 16.9 Å². The number of ether oxygens (including phenoxy) is 1. The maximum absolute atomic E-state index is 6.03. The van der Waals surface area contributed by atoms with Crippen molar-refractivity contribution in [1.82, 2.24) is 14.9 Å². The Morgan fingerprint density at radius 3 is 2.75 bits per heavy atom. The van der Waals surface area contributed by atoms with E-state index in [-0.39, 0.29) is 0 Å². The Morgan fingerprint density at radius 1 is 1.17 bits per heavy atom. The van der Waals surface area contributed by atoms with Gasteiger partial charge in [-0.1, -0.05) is 47.5 Å². The highest BCUT2D eigenvalue weighted by Crippen LogP contribution is 2.24. The highest BCUT2D eigenvalue weighted by Gasteiger charge is 2.05. The van der Waals surface area contributed by atoms with E-state index in [1.807, 2.05) is 30.3 Å². The lowest BCUT2D eigenvalue weighted by Crippen LogP contribution is -2.14. The summed E-state index contributed by atoms with van der Waals surface area (Å²) < 4.78 is 8.07. The number of H-pyrrole nitrogens is 1. The van der Waals surface area contributed by atoms with Gasteiger partial charge in [-0.25, -0.2) is 4.68 Å². The number of nitrogens with zero attached hydrogens (tertiary/aromatic N) is 2. The molecule has 3 aromatic rings. The SMILES string of the molecule is S=c1[nH]ncn1NCc1ccccc1OCc1ccc(Cl)c(Cl)c1. The van der Waals surface area contributed by atoms with E-state index >= 15 is 0 Å². The van der Waals surface area contributed by atoms with Gasteiger partial charge >= 0.3 is 0 Å². The van der Waals surface area contributed by atoms with E-state index < -0.39 is 0 Å². The van der Waals surface area contributed by atoms with E-state index in [0.29, 0.717) is 28.0 Å². The number of rotatable bonds is 6. The molecule has 8 heteroatoms. The summed E-state index contributed by atoms with van der Waals surface area (Å²) in [4.78, 5) is 0. The second-order valence-corrected chi connectivity index (χ2v) is 6.21. The summed E-state index contributed by atoms with van der Waals surface area (Å²) >= 11 is 17.1. The van der Waals surface area contributed by atoms with Crippen LogP contribution in [0, 0.1) is 4.77 Å². The molecule has 0 fully saturated rings. The first-order valence-corrected chi connectivity index (χ1v) is 8.30. The molecule has 0 aliphatic rings. The van der Waals surface area contributed by atoms with Crippen LogP contribution in [0.4, 0.5) is 0 Å². The maximum atomic E-state index is 6.03. The Balaban J connectivity index is 1.68. The lowest BCUT2D eigenvalue weighted by Gasteiger charge is -2.13. The molecule has 0 atom stereocenters. The standard InChI is InChI=1S/C16H14Cl2N4OS/c17-13-6-5-11(7-14(13)18)9-23-15-4-2-1-3-12(15)8-20-22-10-19-21-16(22)24/h1-7,10,20H,8-9H2,(H,21,24). The van der Waals surface area contributed by atoms with Gasteiger partial charge in [-0.15, -0.1) is 0 Å². The molecule has 1 aromatic heterocycles. The second kappa shape index (κ2) is 7.70. The predicted octanol–water partition coefficient (Wildman–Crippen LogP) is 4.57. The van der Waals surface area contributed by atoms with Gasteiger partial charge in [0.15, 0.2) is 0 Å². The summed E-state index contributed by atoms with van der Waals surface area (Å²) in [5.41, 5.74) is 5.11. The van der Waals surface area contributed by atoms with E-state index in [1.54, 1.807) is 23.1 Å². The molecule has 0 amide bonds. The Morgan fingerprint density at radius 2 is 2.00 bits per heavy atom. The molecular formula is C16H14Cl2N4OS. The molecule has 1 heterocycles. The van der Waals surface area contributed by atoms with Crippen LogP contribution in [0.15, 0.2) is 48.8 Å². The Labute approximate surface area is 154 Å². The molecule has 0 aliphatic heterocycles.